The molecule has 0 saturated heterocycles. The number of rotatable bonds is 8. The third-order valence-corrected chi connectivity index (χ3v) is 3.30. The molecule has 0 aliphatic heterocycles. The van der Waals surface area contributed by atoms with Crippen LogP contribution in [0.4, 0.5) is 0 Å². The second kappa shape index (κ2) is 9.32. The lowest BCUT2D eigenvalue weighted by atomic mass is 10.2. The summed E-state index contributed by atoms with van der Waals surface area (Å²) in [5.74, 6) is 0.418. The number of ether oxygens (including phenoxy) is 2. The van der Waals surface area contributed by atoms with Gasteiger partial charge in [-0.15, -0.1) is 0 Å². The number of nitrogens with one attached hydrogen (secondary N) is 1. The molecule has 0 fully saturated rings. The lowest BCUT2D eigenvalue weighted by Gasteiger charge is -2.11. The summed E-state index contributed by atoms with van der Waals surface area (Å²) < 4.78 is 15.4. The molecule has 1 aromatic heterocycles. The Balaban J connectivity index is 1.75. The summed E-state index contributed by atoms with van der Waals surface area (Å²) in [6.07, 6.45) is 4.42. The molecule has 132 valence electrons. The monoisotopic (exact) mass is 343 g/mol. The quantitative estimate of drug-likeness (QED) is 0.588. The SMILES string of the molecule is CCOc1ccc(/C=C/C(=O)OCC(=O)N[C@H](C)c2ccco2)cc1. The number of carbonyl (C=O) groups excluding carboxylic acids is 2. The zero-order chi connectivity index (χ0) is 18.1. The molecule has 0 bridgehead atoms. The van der Waals surface area contributed by atoms with Gasteiger partial charge in [0.1, 0.15) is 11.5 Å². The predicted octanol–water partition coefficient (Wildman–Crippen LogP) is 3.11. The van der Waals surface area contributed by atoms with Crippen LogP contribution in [0.5, 0.6) is 5.75 Å². The average molecular weight is 343 g/mol. The van der Waals surface area contributed by atoms with Crippen LogP contribution in [0.2, 0.25) is 0 Å². The molecule has 1 atom stereocenters. The van der Waals surface area contributed by atoms with Gasteiger partial charge in [0.2, 0.25) is 0 Å². The molecule has 0 unspecified atom stereocenters. The summed E-state index contributed by atoms with van der Waals surface area (Å²) in [6.45, 7) is 3.94. The van der Waals surface area contributed by atoms with Gasteiger partial charge in [0.15, 0.2) is 6.61 Å². The second-order valence-electron chi connectivity index (χ2n) is 5.25. The summed E-state index contributed by atoms with van der Waals surface area (Å²) in [5, 5.41) is 2.68. The van der Waals surface area contributed by atoms with Crippen LogP contribution in [-0.4, -0.2) is 25.1 Å². The number of hydrogen-bond donors (Lipinski definition) is 1. The molecule has 0 aliphatic carbocycles. The van der Waals surface area contributed by atoms with E-state index in [1.807, 2.05) is 31.2 Å². The van der Waals surface area contributed by atoms with Crippen molar-refractivity contribution in [3.63, 3.8) is 0 Å². The summed E-state index contributed by atoms with van der Waals surface area (Å²) in [7, 11) is 0. The largest absolute Gasteiger partial charge is 0.494 e. The molecule has 0 saturated carbocycles. The Hall–Kier alpha value is -3.02. The van der Waals surface area contributed by atoms with Crippen LogP contribution in [0.1, 0.15) is 31.2 Å². The van der Waals surface area contributed by atoms with Crippen molar-refractivity contribution in [1.82, 2.24) is 5.32 Å². The van der Waals surface area contributed by atoms with Crippen molar-refractivity contribution in [3.05, 3.63) is 60.1 Å². The Bertz CT molecular complexity index is 704. The minimum absolute atomic E-state index is 0.291. The molecule has 1 heterocycles. The number of benzene rings is 1. The van der Waals surface area contributed by atoms with E-state index in [2.05, 4.69) is 5.32 Å². The predicted molar refractivity (Wildman–Crippen MR) is 92.9 cm³/mol. The molecular formula is C19H21NO5. The van der Waals surface area contributed by atoms with Crippen molar-refractivity contribution in [2.75, 3.05) is 13.2 Å². The lowest BCUT2D eigenvalue weighted by molar-refractivity contribution is -0.144. The Labute approximate surface area is 146 Å². The molecule has 1 aromatic carbocycles. The highest BCUT2D eigenvalue weighted by Crippen LogP contribution is 2.13. The zero-order valence-corrected chi connectivity index (χ0v) is 14.2. The van der Waals surface area contributed by atoms with Gasteiger partial charge in [-0.3, -0.25) is 4.79 Å². The first-order valence-corrected chi connectivity index (χ1v) is 7.99. The molecule has 6 nitrogen and oxygen atoms in total. The molecule has 1 N–H and O–H groups in total. The first-order valence-electron chi connectivity index (χ1n) is 7.99. The number of hydrogen-bond acceptors (Lipinski definition) is 5. The maximum absolute atomic E-state index is 11.8. The van der Waals surface area contributed by atoms with Gasteiger partial charge < -0.3 is 19.2 Å². The maximum atomic E-state index is 11.8. The van der Waals surface area contributed by atoms with Gasteiger partial charge in [-0.25, -0.2) is 4.79 Å². The van der Waals surface area contributed by atoms with Gasteiger partial charge in [-0.1, -0.05) is 12.1 Å². The molecule has 25 heavy (non-hydrogen) atoms. The van der Waals surface area contributed by atoms with Crippen LogP contribution in [0.3, 0.4) is 0 Å². The van der Waals surface area contributed by atoms with Gasteiger partial charge in [0.05, 0.1) is 18.9 Å². The third-order valence-electron chi connectivity index (χ3n) is 3.30. The van der Waals surface area contributed by atoms with Crippen molar-refractivity contribution in [2.24, 2.45) is 0 Å². The van der Waals surface area contributed by atoms with Crippen molar-refractivity contribution < 1.29 is 23.5 Å². The van der Waals surface area contributed by atoms with Crippen molar-refractivity contribution in [2.45, 2.75) is 19.9 Å². The Kier molecular flexibility index (Phi) is 6.83. The van der Waals surface area contributed by atoms with Crippen LogP contribution in [0, 0.1) is 0 Å². The summed E-state index contributed by atoms with van der Waals surface area (Å²) in [4.78, 5) is 23.4. The normalized spacial score (nSPS) is 11.9. The Morgan fingerprint density at radius 1 is 1.24 bits per heavy atom. The first-order chi connectivity index (χ1) is 12.1. The highest BCUT2D eigenvalue weighted by Gasteiger charge is 2.12. The fourth-order valence-corrected chi connectivity index (χ4v) is 2.08. The van der Waals surface area contributed by atoms with Gasteiger partial charge >= 0.3 is 5.97 Å². The zero-order valence-electron chi connectivity index (χ0n) is 14.2. The van der Waals surface area contributed by atoms with Crippen molar-refractivity contribution >= 4 is 18.0 Å². The van der Waals surface area contributed by atoms with E-state index in [0.717, 1.165) is 11.3 Å². The van der Waals surface area contributed by atoms with Crippen LogP contribution >= 0.6 is 0 Å². The van der Waals surface area contributed by atoms with E-state index in [1.54, 1.807) is 25.1 Å². The number of esters is 1. The van der Waals surface area contributed by atoms with Crippen LogP contribution in [-0.2, 0) is 14.3 Å². The van der Waals surface area contributed by atoms with E-state index in [0.29, 0.717) is 12.4 Å². The standard InChI is InChI=1S/C19H21NO5/c1-3-23-16-9-6-15(7-10-16)8-11-19(22)25-13-18(21)20-14(2)17-5-4-12-24-17/h4-12,14H,3,13H2,1-2H3,(H,20,21)/b11-8+/t14-/m1/s1. The molecule has 6 heteroatoms. The minimum atomic E-state index is -0.588. The fraction of sp³-hybridized carbons (Fsp3) is 0.263. The topological polar surface area (TPSA) is 77.8 Å². The molecule has 2 rings (SSSR count). The molecule has 0 radical (unpaired) electrons. The smallest absolute Gasteiger partial charge is 0.331 e. The molecule has 1 amide bonds. The molecular weight excluding hydrogens is 322 g/mol. The van der Waals surface area contributed by atoms with E-state index in [1.165, 1.54) is 12.3 Å². The maximum Gasteiger partial charge on any atom is 0.331 e. The van der Waals surface area contributed by atoms with Crippen molar-refractivity contribution in [1.29, 1.82) is 0 Å². The second-order valence-corrected chi connectivity index (χ2v) is 5.25. The van der Waals surface area contributed by atoms with Gasteiger partial charge in [0.25, 0.3) is 5.91 Å². The van der Waals surface area contributed by atoms with E-state index >= 15 is 0 Å². The lowest BCUT2D eigenvalue weighted by Crippen LogP contribution is -2.30. The van der Waals surface area contributed by atoms with Crippen LogP contribution in [0.25, 0.3) is 6.08 Å². The van der Waals surface area contributed by atoms with Gasteiger partial charge in [0, 0.05) is 6.08 Å². The summed E-state index contributed by atoms with van der Waals surface area (Å²) in [6, 6.07) is 10.5. The van der Waals surface area contributed by atoms with E-state index in [9.17, 15) is 9.59 Å². The fourth-order valence-electron chi connectivity index (χ4n) is 2.08. The number of amides is 1. The van der Waals surface area contributed by atoms with Gasteiger partial charge in [-0.05, 0) is 49.8 Å². The van der Waals surface area contributed by atoms with E-state index in [4.69, 9.17) is 13.9 Å². The van der Waals surface area contributed by atoms with Crippen LogP contribution < -0.4 is 10.1 Å². The van der Waals surface area contributed by atoms with Crippen molar-refractivity contribution in [3.8, 4) is 5.75 Å². The highest BCUT2D eigenvalue weighted by molar-refractivity contribution is 5.89. The van der Waals surface area contributed by atoms with E-state index in [-0.39, 0.29) is 12.6 Å². The third kappa shape index (κ3) is 6.18. The Morgan fingerprint density at radius 3 is 2.64 bits per heavy atom. The summed E-state index contributed by atoms with van der Waals surface area (Å²) in [5.41, 5.74) is 0.830. The number of furan rings is 1. The average Bonchev–Trinajstić information content (AvgIpc) is 3.14. The van der Waals surface area contributed by atoms with E-state index < -0.39 is 11.9 Å². The molecule has 2 aromatic rings. The highest BCUT2D eigenvalue weighted by atomic mass is 16.5. The number of carbonyl (C=O) groups is 2. The van der Waals surface area contributed by atoms with Crippen LogP contribution in [0.15, 0.2) is 53.2 Å². The molecule has 0 aliphatic rings. The Morgan fingerprint density at radius 2 is 2.00 bits per heavy atom. The summed E-state index contributed by atoms with van der Waals surface area (Å²) >= 11 is 0. The molecule has 0 spiro atoms. The minimum Gasteiger partial charge on any atom is -0.494 e. The first kappa shape index (κ1) is 18.3. The van der Waals surface area contributed by atoms with Gasteiger partial charge in [-0.2, -0.15) is 0 Å².